The number of anilines is 1. The van der Waals surface area contributed by atoms with E-state index in [1.54, 1.807) is 12.1 Å². The number of hydrogen-bond acceptors (Lipinski definition) is 6. The van der Waals surface area contributed by atoms with Gasteiger partial charge in [-0.2, -0.15) is 9.97 Å². The zero-order valence-corrected chi connectivity index (χ0v) is 17.9. The van der Waals surface area contributed by atoms with Crippen LogP contribution in [0.1, 0.15) is 6.42 Å². The van der Waals surface area contributed by atoms with Crippen LogP contribution in [0.25, 0.3) is 32.8 Å². The van der Waals surface area contributed by atoms with E-state index in [4.69, 9.17) is 22.1 Å². The lowest BCUT2D eigenvalue weighted by atomic mass is 9.96. The Morgan fingerprint density at radius 2 is 1.90 bits per heavy atom. The monoisotopic (exact) mass is 440 g/mol. The van der Waals surface area contributed by atoms with Crippen LogP contribution >= 0.6 is 11.6 Å². The fourth-order valence-corrected chi connectivity index (χ4v) is 3.85. The highest BCUT2D eigenvalue weighted by Gasteiger charge is 2.21. The highest BCUT2D eigenvalue weighted by atomic mass is 35.5. The molecule has 6 nitrogen and oxygen atoms in total. The number of aromatic nitrogens is 2. The number of halogens is 2. The number of benzene rings is 3. The number of aromatic hydroxyl groups is 1. The summed E-state index contributed by atoms with van der Waals surface area (Å²) in [7, 11) is 3.94. The molecule has 0 aliphatic rings. The van der Waals surface area contributed by atoms with Crippen LogP contribution in [0, 0.1) is 5.82 Å². The topological polar surface area (TPSA) is 84.5 Å². The Morgan fingerprint density at radius 3 is 2.68 bits per heavy atom. The predicted molar refractivity (Wildman–Crippen MR) is 122 cm³/mol. The fraction of sp³-hybridized carbons (Fsp3) is 0.217. The van der Waals surface area contributed by atoms with Crippen LogP contribution in [0.2, 0.25) is 5.02 Å². The van der Waals surface area contributed by atoms with Gasteiger partial charge in [0, 0.05) is 17.5 Å². The number of nitrogens with two attached hydrogens (primary N) is 1. The first-order valence-corrected chi connectivity index (χ1v) is 10.2. The Hall–Kier alpha value is -3.16. The number of phenols is 1. The molecule has 3 aromatic carbocycles. The maximum atomic E-state index is 15.8. The van der Waals surface area contributed by atoms with Crippen LogP contribution in [-0.4, -0.2) is 47.2 Å². The molecule has 0 aliphatic carbocycles. The van der Waals surface area contributed by atoms with E-state index < -0.39 is 5.82 Å². The number of ether oxygens (including phenoxy) is 1. The molecule has 1 heterocycles. The van der Waals surface area contributed by atoms with Crippen LogP contribution in [0.15, 0.2) is 42.5 Å². The van der Waals surface area contributed by atoms with Gasteiger partial charge in [0.1, 0.15) is 17.1 Å². The number of fused-ring (bicyclic) bond motifs is 2. The van der Waals surface area contributed by atoms with Gasteiger partial charge >= 0.3 is 6.01 Å². The summed E-state index contributed by atoms with van der Waals surface area (Å²) in [5.74, 6) is -0.553. The van der Waals surface area contributed by atoms with Crippen molar-refractivity contribution in [3.8, 4) is 22.9 Å². The first-order valence-electron chi connectivity index (χ1n) is 9.80. The van der Waals surface area contributed by atoms with E-state index in [2.05, 4.69) is 9.97 Å². The van der Waals surface area contributed by atoms with Crippen molar-refractivity contribution in [2.75, 3.05) is 33.0 Å². The third-order valence-electron chi connectivity index (χ3n) is 4.99. The number of nitrogen functional groups attached to an aromatic ring is 1. The van der Waals surface area contributed by atoms with Gasteiger partial charge in [-0.25, -0.2) is 4.39 Å². The van der Waals surface area contributed by atoms with Crippen molar-refractivity contribution in [3.05, 3.63) is 53.3 Å². The molecular weight excluding hydrogens is 419 g/mol. The number of phenolic OH excluding ortho intramolecular Hbond substituents is 1. The molecule has 0 fully saturated rings. The Kier molecular flexibility index (Phi) is 5.80. The van der Waals surface area contributed by atoms with E-state index in [9.17, 15) is 5.11 Å². The molecule has 0 radical (unpaired) electrons. The molecule has 160 valence electrons. The van der Waals surface area contributed by atoms with E-state index >= 15 is 4.39 Å². The maximum absolute atomic E-state index is 15.8. The Bertz CT molecular complexity index is 1280. The van der Waals surface area contributed by atoms with Crippen LogP contribution in [0.5, 0.6) is 11.8 Å². The highest BCUT2D eigenvalue weighted by molar-refractivity contribution is 6.35. The largest absolute Gasteiger partial charge is 0.508 e. The van der Waals surface area contributed by atoms with Crippen molar-refractivity contribution in [2.45, 2.75) is 6.42 Å². The fourth-order valence-electron chi connectivity index (χ4n) is 3.55. The Morgan fingerprint density at radius 1 is 1.13 bits per heavy atom. The highest BCUT2D eigenvalue weighted by Crippen LogP contribution is 2.41. The summed E-state index contributed by atoms with van der Waals surface area (Å²) >= 11 is 6.47. The molecule has 0 spiro atoms. The minimum atomic E-state index is -0.648. The predicted octanol–water partition coefficient (Wildman–Crippen LogP) is 4.86. The molecule has 1 aromatic heterocycles. The zero-order chi connectivity index (χ0) is 22.1. The third-order valence-corrected chi connectivity index (χ3v) is 5.29. The average molecular weight is 441 g/mol. The normalized spacial score (nSPS) is 11.5. The second-order valence-corrected chi connectivity index (χ2v) is 7.96. The summed E-state index contributed by atoms with van der Waals surface area (Å²) in [5, 5.41) is 12.1. The smallest absolute Gasteiger partial charge is 0.319 e. The lowest BCUT2D eigenvalue weighted by molar-refractivity contribution is 0.265. The summed E-state index contributed by atoms with van der Waals surface area (Å²) in [4.78, 5) is 10.4. The van der Waals surface area contributed by atoms with Gasteiger partial charge in [0.25, 0.3) is 0 Å². The molecule has 8 heteroatoms. The van der Waals surface area contributed by atoms with Crippen LogP contribution in [0.3, 0.4) is 0 Å². The molecule has 3 N–H and O–H groups in total. The van der Waals surface area contributed by atoms with Crippen molar-refractivity contribution in [3.63, 3.8) is 0 Å². The first kappa shape index (κ1) is 21.1. The van der Waals surface area contributed by atoms with Gasteiger partial charge in [-0.3, -0.25) is 0 Å². The average Bonchev–Trinajstić information content (AvgIpc) is 2.72. The maximum Gasteiger partial charge on any atom is 0.319 e. The Balaban J connectivity index is 1.84. The second kappa shape index (κ2) is 8.53. The molecule has 0 saturated carbocycles. The summed E-state index contributed by atoms with van der Waals surface area (Å²) in [6.45, 7) is 1.21. The van der Waals surface area contributed by atoms with Crippen LogP contribution in [0.4, 0.5) is 10.2 Å². The summed E-state index contributed by atoms with van der Waals surface area (Å²) < 4.78 is 21.4. The van der Waals surface area contributed by atoms with E-state index in [0.717, 1.165) is 23.7 Å². The summed E-state index contributed by atoms with van der Waals surface area (Å²) in [5.41, 5.74) is 6.66. The summed E-state index contributed by atoms with van der Waals surface area (Å²) in [6.07, 6.45) is 0.762. The van der Waals surface area contributed by atoms with Gasteiger partial charge in [0.2, 0.25) is 0 Å². The second-order valence-electron chi connectivity index (χ2n) is 7.55. The number of nitrogens with zero attached hydrogens (tertiary/aromatic N) is 3. The van der Waals surface area contributed by atoms with Gasteiger partial charge in [-0.05, 0) is 55.1 Å². The molecule has 0 bridgehead atoms. The Labute approximate surface area is 184 Å². The van der Waals surface area contributed by atoms with E-state index in [-0.39, 0.29) is 33.7 Å². The molecule has 0 unspecified atom stereocenters. The molecular formula is C23H22ClFN4O2. The zero-order valence-electron chi connectivity index (χ0n) is 17.2. The number of hydrogen-bond donors (Lipinski definition) is 2. The third kappa shape index (κ3) is 4.19. The molecule has 0 amide bonds. The van der Waals surface area contributed by atoms with Gasteiger partial charge < -0.3 is 20.5 Å². The molecule has 4 rings (SSSR count). The van der Waals surface area contributed by atoms with Crippen molar-refractivity contribution in [1.82, 2.24) is 14.9 Å². The SMILES string of the molecule is CN(C)CCCOc1nc(N)c2cc(Cl)c(-c3cc(O)cc4ccccc34)c(F)c2n1. The van der Waals surface area contributed by atoms with Gasteiger partial charge in [0.15, 0.2) is 5.82 Å². The van der Waals surface area contributed by atoms with Gasteiger partial charge in [0.05, 0.1) is 11.6 Å². The van der Waals surface area contributed by atoms with E-state index in [1.807, 2.05) is 43.3 Å². The van der Waals surface area contributed by atoms with E-state index in [0.29, 0.717) is 17.6 Å². The van der Waals surface area contributed by atoms with Crippen LogP contribution in [-0.2, 0) is 0 Å². The lowest BCUT2D eigenvalue weighted by Gasteiger charge is -2.14. The van der Waals surface area contributed by atoms with Crippen molar-refractivity contribution >= 4 is 39.1 Å². The van der Waals surface area contributed by atoms with Crippen LogP contribution < -0.4 is 10.5 Å². The molecule has 0 atom stereocenters. The minimum absolute atomic E-state index is 0.0105. The molecule has 0 aliphatic heterocycles. The molecule has 4 aromatic rings. The molecule has 31 heavy (non-hydrogen) atoms. The molecule has 0 saturated heterocycles. The van der Waals surface area contributed by atoms with Gasteiger partial charge in [-0.15, -0.1) is 0 Å². The first-order chi connectivity index (χ1) is 14.8. The quantitative estimate of drug-likeness (QED) is 0.416. The van der Waals surface area contributed by atoms with E-state index in [1.165, 1.54) is 6.07 Å². The lowest BCUT2D eigenvalue weighted by Crippen LogP contribution is -2.16. The standard InChI is InChI=1S/C23H22ClFN4O2/c1-29(2)8-5-9-31-23-27-21-17(22(26)28-23)12-18(24)19(20(21)25)16-11-14(30)10-13-6-3-4-7-15(13)16/h3-4,6-7,10-12,30H,5,8-9H2,1-2H3,(H2,26,27,28). The van der Waals surface area contributed by atoms with Crippen molar-refractivity contribution in [2.24, 2.45) is 0 Å². The van der Waals surface area contributed by atoms with Crippen molar-refractivity contribution < 1.29 is 14.2 Å². The number of rotatable bonds is 6. The van der Waals surface area contributed by atoms with Crippen molar-refractivity contribution in [1.29, 1.82) is 0 Å². The summed E-state index contributed by atoms with van der Waals surface area (Å²) in [6, 6.07) is 12.0. The van der Waals surface area contributed by atoms with Gasteiger partial charge in [-0.1, -0.05) is 35.9 Å². The minimum Gasteiger partial charge on any atom is -0.508 e.